The van der Waals surface area contributed by atoms with Gasteiger partial charge in [-0.3, -0.25) is 0 Å². The van der Waals surface area contributed by atoms with Crippen LogP contribution in [0.2, 0.25) is 5.02 Å². The molecule has 1 rings (SSSR count). The van der Waals surface area contributed by atoms with Crippen molar-refractivity contribution in [2.24, 2.45) is 0 Å². The summed E-state index contributed by atoms with van der Waals surface area (Å²) in [6, 6.07) is 3.75. The number of Topliss-reactive ketones (excluding diaryl/α,β-unsaturated/α-hetero) is 1. The van der Waals surface area contributed by atoms with Crippen LogP contribution in [-0.2, 0) is 4.79 Å². The van der Waals surface area contributed by atoms with Crippen molar-refractivity contribution < 1.29 is 9.53 Å². The Labute approximate surface area is 107 Å². The third-order valence-electron chi connectivity index (χ3n) is 2.50. The summed E-state index contributed by atoms with van der Waals surface area (Å²) in [5.74, 6) is 0.982. The largest absolute Gasteiger partial charge is 0.495 e. The lowest BCUT2D eigenvalue weighted by Gasteiger charge is -2.12. The van der Waals surface area contributed by atoms with E-state index in [1.165, 1.54) is 0 Å². The Morgan fingerprint density at radius 1 is 1.47 bits per heavy atom. The van der Waals surface area contributed by atoms with E-state index in [0.29, 0.717) is 11.4 Å². The van der Waals surface area contributed by atoms with E-state index in [2.05, 4.69) is 5.32 Å². The maximum atomic E-state index is 10.8. The van der Waals surface area contributed by atoms with Gasteiger partial charge in [0, 0.05) is 18.0 Å². The molecule has 0 aliphatic rings. The quantitative estimate of drug-likeness (QED) is 0.792. The summed E-state index contributed by atoms with van der Waals surface area (Å²) in [6.07, 6.45) is 1.40. The number of carbonyl (C=O) groups excluding carboxylic acids is 1. The number of hydrogen-bond donors (Lipinski definition) is 1. The van der Waals surface area contributed by atoms with Crippen molar-refractivity contribution in [1.29, 1.82) is 0 Å². The molecule has 0 saturated carbocycles. The lowest BCUT2D eigenvalue weighted by Crippen LogP contribution is -2.05. The summed E-state index contributed by atoms with van der Waals surface area (Å²) >= 11 is 6.06. The van der Waals surface area contributed by atoms with Crippen LogP contribution in [0.15, 0.2) is 12.1 Å². The van der Waals surface area contributed by atoms with Gasteiger partial charge in [-0.2, -0.15) is 0 Å². The zero-order valence-corrected chi connectivity index (χ0v) is 11.2. The van der Waals surface area contributed by atoms with Crippen LogP contribution >= 0.6 is 11.6 Å². The Hall–Kier alpha value is -1.22. The molecule has 3 nitrogen and oxygen atoms in total. The van der Waals surface area contributed by atoms with Gasteiger partial charge in [-0.25, -0.2) is 0 Å². The molecule has 0 radical (unpaired) electrons. The van der Waals surface area contributed by atoms with Crippen molar-refractivity contribution in [2.75, 3.05) is 19.0 Å². The Balaban J connectivity index is 2.63. The van der Waals surface area contributed by atoms with Gasteiger partial charge >= 0.3 is 0 Å². The van der Waals surface area contributed by atoms with Crippen LogP contribution in [0.1, 0.15) is 25.3 Å². The number of anilines is 1. The van der Waals surface area contributed by atoms with Crippen molar-refractivity contribution in [3.8, 4) is 5.75 Å². The fraction of sp³-hybridized carbons (Fsp3) is 0.462. The van der Waals surface area contributed by atoms with Crippen molar-refractivity contribution in [3.63, 3.8) is 0 Å². The van der Waals surface area contributed by atoms with Crippen molar-refractivity contribution in [2.45, 2.75) is 26.7 Å². The molecule has 0 spiro atoms. The number of ketones is 1. The molecule has 1 aromatic rings. The third kappa shape index (κ3) is 4.27. The highest BCUT2D eigenvalue weighted by Gasteiger charge is 2.06. The first-order chi connectivity index (χ1) is 8.04. The molecule has 0 aliphatic carbocycles. The SMILES string of the molecule is COc1cc(C)c(Cl)cc1NCCCC(C)=O. The molecule has 0 aromatic heterocycles. The van der Waals surface area contributed by atoms with Gasteiger partial charge in [-0.15, -0.1) is 0 Å². The van der Waals surface area contributed by atoms with Crippen LogP contribution in [0.4, 0.5) is 5.69 Å². The number of benzene rings is 1. The summed E-state index contributed by atoms with van der Waals surface area (Å²) in [5, 5.41) is 3.93. The molecular weight excluding hydrogens is 238 g/mol. The van der Waals surface area contributed by atoms with Crippen LogP contribution in [0.25, 0.3) is 0 Å². The lowest BCUT2D eigenvalue weighted by atomic mass is 10.2. The van der Waals surface area contributed by atoms with Gasteiger partial charge in [-0.05, 0) is 38.0 Å². The molecule has 17 heavy (non-hydrogen) atoms. The van der Waals surface area contributed by atoms with Crippen LogP contribution in [0.5, 0.6) is 5.75 Å². The molecule has 0 atom stereocenters. The summed E-state index contributed by atoms with van der Waals surface area (Å²) < 4.78 is 5.27. The van der Waals surface area contributed by atoms with E-state index < -0.39 is 0 Å². The standard InChI is InChI=1S/C13H18ClNO2/c1-9-7-13(17-3)12(8-11(9)14)15-6-4-5-10(2)16/h7-8,15H,4-6H2,1-3H3. The van der Waals surface area contributed by atoms with Crippen LogP contribution < -0.4 is 10.1 Å². The smallest absolute Gasteiger partial charge is 0.142 e. The fourth-order valence-electron chi connectivity index (χ4n) is 1.52. The number of ether oxygens (including phenoxy) is 1. The highest BCUT2D eigenvalue weighted by molar-refractivity contribution is 6.31. The van der Waals surface area contributed by atoms with Gasteiger partial charge in [0.2, 0.25) is 0 Å². The molecule has 1 aromatic carbocycles. The van der Waals surface area contributed by atoms with E-state index in [1.807, 2.05) is 19.1 Å². The number of rotatable bonds is 6. The average molecular weight is 256 g/mol. The van der Waals surface area contributed by atoms with Crippen LogP contribution in [0, 0.1) is 6.92 Å². The fourth-order valence-corrected chi connectivity index (χ4v) is 1.69. The van der Waals surface area contributed by atoms with Gasteiger partial charge in [0.1, 0.15) is 11.5 Å². The van der Waals surface area contributed by atoms with Gasteiger partial charge in [0.25, 0.3) is 0 Å². The summed E-state index contributed by atoms with van der Waals surface area (Å²) in [7, 11) is 1.63. The monoisotopic (exact) mass is 255 g/mol. The molecule has 0 heterocycles. The molecule has 0 fully saturated rings. The predicted octanol–water partition coefficient (Wildman–Crippen LogP) is 3.44. The maximum absolute atomic E-state index is 10.8. The first-order valence-electron chi connectivity index (χ1n) is 5.62. The third-order valence-corrected chi connectivity index (χ3v) is 2.91. The number of hydrogen-bond acceptors (Lipinski definition) is 3. The highest BCUT2D eigenvalue weighted by Crippen LogP contribution is 2.30. The van der Waals surface area contributed by atoms with Crippen LogP contribution in [-0.4, -0.2) is 19.4 Å². The molecule has 4 heteroatoms. The summed E-state index contributed by atoms with van der Waals surface area (Å²) in [6.45, 7) is 4.27. The van der Waals surface area contributed by atoms with Gasteiger partial charge in [0.15, 0.2) is 0 Å². The summed E-state index contributed by atoms with van der Waals surface area (Å²) in [4.78, 5) is 10.8. The Morgan fingerprint density at radius 2 is 2.18 bits per heavy atom. The van der Waals surface area contributed by atoms with E-state index in [-0.39, 0.29) is 5.78 Å². The Kier molecular flexibility index (Phi) is 5.29. The van der Waals surface area contributed by atoms with Gasteiger partial charge < -0.3 is 14.8 Å². The molecular formula is C13H18ClNO2. The predicted molar refractivity (Wildman–Crippen MR) is 71.1 cm³/mol. The average Bonchev–Trinajstić information content (AvgIpc) is 2.28. The first-order valence-corrected chi connectivity index (χ1v) is 6.00. The van der Waals surface area contributed by atoms with Crippen molar-refractivity contribution >= 4 is 23.1 Å². The topological polar surface area (TPSA) is 38.3 Å². The van der Waals surface area contributed by atoms with E-state index in [0.717, 1.165) is 30.0 Å². The van der Waals surface area contributed by atoms with Crippen LogP contribution in [0.3, 0.4) is 0 Å². The Bertz CT molecular complexity index is 405. The molecule has 0 saturated heterocycles. The van der Waals surface area contributed by atoms with E-state index in [4.69, 9.17) is 16.3 Å². The van der Waals surface area contributed by atoms with Gasteiger partial charge in [0.05, 0.1) is 12.8 Å². The second kappa shape index (κ2) is 6.50. The molecule has 0 unspecified atom stereocenters. The van der Waals surface area contributed by atoms with E-state index in [1.54, 1.807) is 14.0 Å². The highest BCUT2D eigenvalue weighted by atomic mass is 35.5. The van der Waals surface area contributed by atoms with Crippen molar-refractivity contribution in [1.82, 2.24) is 0 Å². The zero-order chi connectivity index (χ0) is 12.8. The number of aryl methyl sites for hydroxylation is 1. The number of nitrogens with one attached hydrogen (secondary N) is 1. The number of halogens is 1. The minimum Gasteiger partial charge on any atom is -0.495 e. The first kappa shape index (κ1) is 13.8. The molecule has 0 aliphatic heterocycles. The minimum absolute atomic E-state index is 0.209. The number of methoxy groups -OCH3 is 1. The molecule has 0 bridgehead atoms. The normalized spacial score (nSPS) is 10.1. The second-order valence-corrected chi connectivity index (χ2v) is 4.44. The van der Waals surface area contributed by atoms with E-state index in [9.17, 15) is 4.79 Å². The number of carbonyl (C=O) groups is 1. The zero-order valence-electron chi connectivity index (χ0n) is 10.5. The van der Waals surface area contributed by atoms with Crippen molar-refractivity contribution in [3.05, 3.63) is 22.7 Å². The lowest BCUT2D eigenvalue weighted by molar-refractivity contribution is -0.117. The minimum atomic E-state index is 0.209. The molecule has 94 valence electrons. The second-order valence-electron chi connectivity index (χ2n) is 4.03. The van der Waals surface area contributed by atoms with Gasteiger partial charge in [-0.1, -0.05) is 11.6 Å². The molecule has 1 N–H and O–H groups in total. The Morgan fingerprint density at radius 3 is 2.76 bits per heavy atom. The maximum Gasteiger partial charge on any atom is 0.142 e. The molecule has 0 amide bonds. The van der Waals surface area contributed by atoms with E-state index >= 15 is 0 Å². The summed E-state index contributed by atoms with van der Waals surface area (Å²) in [5.41, 5.74) is 1.85.